The van der Waals surface area contributed by atoms with Crippen LogP contribution in [-0.2, 0) is 26.1 Å². The first-order valence-electron chi connectivity index (χ1n) is 12.2. The van der Waals surface area contributed by atoms with Crippen LogP contribution in [0.3, 0.4) is 0 Å². The Hall–Kier alpha value is -4.22. The molecule has 0 fully saturated rings. The Morgan fingerprint density at radius 3 is 2.39 bits per heavy atom. The molecule has 180 valence electrons. The molecule has 5 rings (SSSR count). The number of rotatable bonds is 8. The molecule has 5 heteroatoms. The fourth-order valence-corrected chi connectivity index (χ4v) is 4.39. The van der Waals surface area contributed by atoms with Gasteiger partial charge in [-0.1, -0.05) is 78.9 Å². The second kappa shape index (κ2) is 11.5. The molecule has 4 aromatic rings. The minimum Gasteiger partial charge on any atom is -0.488 e. The molecule has 0 saturated carbocycles. The Morgan fingerprint density at radius 2 is 1.56 bits per heavy atom. The smallest absolute Gasteiger partial charge is 0.271 e. The molecule has 36 heavy (non-hydrogen) atoms. The molecule has 1 N–H and O–H groups in total. The number of amides is 1. The van der Waals surface area contributed by atoms with Gasteiger partial charge in [0.05, 0.1) is 6.21 Å². The molecule has 5 nitrogen and oxygen atoms in total. The van der Waals surface area contributed by atoms with Gasteiger partial charge in [0.15, 0.2) is 0 Å². The van der Waals surface area contributed by atoms with Crippen LogP contribution < -0.4 is 10.2 Å². The van der Waals surface area contributed by atoms with Crippen molar-refractivity contribution in [3.8, 4) is 5.75 Å². The van der Waals surface area contributed by atoms with Crippen molar-refractivity contribution in [2.75, 3.05) is 6.54 Å². The number of benzene rings is 4. The predicted octanol–water partition coefficient (Wildman–Crippen LogP) is 5.59. The van der Waals surface area contributed by atoms with E-state index in [1.54, 1.807) is 6.21 Å². The molecule has 0 aliphatic carbocycles. The standard InChI is InChI=1S/C31H29N3O2/c35-31(33-32-20-28-11-6-7-13-30(28)36-23-25-8-2-1-3-9-25)27-16-14-24(15-17-27)21-34-19-18-26-10-4-5-12-29(26)22-34/h1-17,20H,18-19,21-23H2,(H,33,35)/b32-20+. The van der Waals surface area contributed by atoms with Gasteiger partial charge in [0.25, 0.3) is 5.91 Å². The van der Waals surface area contributed by atoms with Crippen molar-refractivity contribution in [1.29, 1.82) is 0 Å². The summed E-state index contributed by atoms with van der Waals surface area (Å²) in [6, 6.07) is 34.0. The van der Waals surface area contributed by atoms with Gasteiger partial charge < -0.3 is 4.74 Å². The highest BCUT2D eigenvalue weighted by Gasteiger charge is 2.16. The molecular weight excluding hydrogens is 446 g/mol. The lowest BCUT2D eigenvalue weighted by molar-refractivity contribution is 0.0955. The summed E-state index contributed by atoms with van der Waals surface area (Å²) in [6.45, 7) is 3.34. The van der Waals surface area contributed by atoms with Gasteiger partial charge in [-0.05, 0) is 52.9 Å². The van der Waals surface area contributed by atoms with E-state index in [2.05, 4.69) is 39.7 Å². The fourth-order valence-electron chi connectivity index (χ4n) is 4.39. The maximum Gasteiger partial charge on any atom is 0.271 e. The van der Waals surface area contributed by atoms with Crippen LogP contribution in [0.2, 0.25) is 0 Å². The Bertz CT molecular complexity index is 1330. The number of fused-ring (bicyclic) bond motifs is 1. The monoisotopic (exact) mass is 475 g/mol. The summed E-state index contributed by atoms with van der Waals surface area (Å²) in [6.07, 6.45) is 2.69. The van der Waals surface area contributed by atoms with E-state index in [-0.39, 0.29) is 5.91 Å². The van der Waals surface area contributed by atoms with Crippen molar-refractivity contribution in [1.82, 2.24) is 10.3 Å². The Labute approximate surface area is 212 Å². The van der Waals surface area contributed by atoms with E-state index in [1.807, 2.05) is 78.9 Å². The minimum absolute atomic E-state index is 0.243. The molecule has 0 unspecified atom stereocenters. The van der Waals surface area contributed by atoms with Crippen molar-refractivity contribution >= 4 is 12.1 Å². The van der Waals surface area contributed by atoms with Gasteiger partial charge in [0.1, 0.15) is 12.4 Å². The lowest BCUT2D eigenvalue weighted by Crippen LogP contribution is -2.30. The number of hydrogen-bond acceptors (Lipinski definition) is 4. The molecule has 1 aliphatic rings. The predicted molar refractivity (Wildman–Crippen MR) is 143 cm³/mol. The summed E-state index contributed by atoms with van der Waals surface area (Å²) < 4.78 is 5.95. The molecule has 1 aliphatic heterocycles. The summed E-state index contributed by atoms with van der Waals surface area (Å²) >= 11 is 0. The van der Waals surface area contributed by atoms with Gasteiger partial charge in [0.2, 0.25) is 0 Å². The lowest BCUT2D eigenvalue weighted by atomic mass is 9.99. The van der Waals surface area contributed by atoms with E-state index < -0.39 is 0 Å². The van der Waals surface area contributed by atoms with E-state index in [4.69, 9.17) is 4.74 Å². The highest BCUT2D eigenvalue weighted by Crippen LogP contribution is 2.21. The molecule has 1 heterocycles. The maximum absolute atomic E-state index is 12.6. The molecule has 0 bridgehead atoms. The van der Waals surface area contributed by atoms with Crippen molar-refractivity contribution in [3.05, 3.63) is 137 Å². The van der Waals surface area contributed by atoms with E-state index in [1.165, 1.54) is 16.7 Å². The summed E-state index contributed by atoms with van der Waals surface area (Å²) in [7, 11) is 0. The van der Waals surface area contributed by atoms with Crippen LogP contribution in [0.5, 0.6) is 5.75 Å². The van der Waals surface area contributed by atoms with Gasteiger partial charge in [0, 0.05) is 30.8 Å². The van der Waals surface area contributed by atoms with E-state index in [9.17, 15) is 4.79 Å². The van der Waals surface area contributed by atoms with Crippen molar-refractivity contribution < 1.29 is 9.53 Å². The van der Waals surface area contributed by atoms with E-state index in [0.29, 0.717) is 17.9 Å². The highest BCUT2D eigenvalue weighted by molar-refractivity contribution is 5.95. The van der Waals surface area contributed by atoms with Crippen molar-refractivity contribution in [2.45, 2.75) is 26.1 Å². The number of nitrogens with one attached hydrogen (secondary N) is 1. The van der Waals surface area contributed by atoms with Crippen LogP contribution in [0.15, 0.2) is 108 Å². The third-order valence-corrected chi connectivity index (χ3v) is 6.36. The number of para-hydroxylation sites is 1. The van der Waals surface area contributed by atoms with Crippen molar-refractivity contribution in [2.24, 2.45) is 5.10 Å². The minimum atomic E-state index is -0.243. The van der Waals surface area contributed by atoms with Gasteiger partial charge in [-0.25, -0.2) is 5.43 Å². The van der Waals surface area contributed by atoms with Crippen LogP contribution in [0.4, 0.5) is 0 Å². The number of nitrogens with zero attached hydrogens (tertiary/aromatic N) is 2. The quantitative estimate of drug-likeness (QED) is 0.267. The number of hydrazone groups is 1. The van der Waals surface area contributed by atoms with Crippen LogP contribution in [0, 0.1) is 0 Å². The third kappa shape index (κ3) is 6.06. The third-order valence-electron chi connectivity index (χ3n) is 6.36. The second-order valence-corrected chi connectivity index (χ2v) is 8.94. The fraction of sp³-hybridized carbons (Fsp3) is 0.161. The molecule has 0 aromatic heterocycles. The lowest BCUT2D eigenvalue weighted by Gasteiger charge is -2.28. The Balaban J connectivity index is 1.14. The zero-order chi connectivity index (χ0) is 24.6. The highest BCUT2D eigenvalue weighted by atomic mass is 16.5. The summed E-state index contributed by atoms with van der Waals surface area (Å²) in [4.78, 5) is 15.0. The van der Waals surface area contributed by atoms with Crippen molar-refractivity contribution in [3.63, 3.8) is 0 Å². The van der Waals surface area contributed by atoms with Gasteiger partial charge in [-0.2, -0.15) is 5.10 Å². The molecule has 0 radical (unpaired) electrons. The van der Waals surface area contributed by atoms with E-state index >= 15 is 0 Å². The van der Waals surface area contributed by atoms with Gasteiger partial charge in [-0.3, -0.25) is 9.69 Å². The summed E-state index contributed by atoms with van der Waals surface area (Å²) in [5, 5.41) is 4.16. The van der Waals surface area contributed by atoms with Crippen LogP contribution in [-0.4, -0.2) is 23.6 Å². The Morgan fingerprint density at radius 1 is 0.833 bits per heavy atom. The molecule has 1 amide bonds. The summed E-state index contributed by atoms with van der Waals surface area (Å²) in [5.74, 6) is 0.469. The SMILES string of the molecule is O=C(N/N=C/c1ccccc1OCc1ccccc1)c1ccc(CN2CCc3ccccc3C2)cc1. The first-order valence-corrected chi connectivity index (χ1v) is 12.2. The zero-order valence-electron chi connectivity index (χ0n) is 20.1. The molecule has 0 atom stereocenters. The van der Waals surface area contributed by atoms with E-state index in [0.717, 1.165) is 37.2 Å². The van der Waals surface area contributed by atoms with Gasteiger partial charge in [-0.15, -0.1) is 0 Å². The van der Waals surface area contributed by atoms with Crippen LogP contribution in [0.1, 0.15) is 38.2 Å². The molecular formula is C31H29N3O2. The largest absolute Gasteiger partial charge is 0.488 e. The maximum atomic E-state index is 12.6. The van der Waals surface area contributed by atoms with Gasteiger partial charge >= 0.3 is 0 Å². The number of ether oxygens (including phenoxy) is 1. The number of carbonyl (C=O) groups is 1. The second-order valence-electron chi connectivity index (χ2n) is 8.94. The topological polar surface area (TPSA) is 53.9 Å². The zero-order valence-corrected chi connectivity index (χ0v) is 20.1. The molecule has 4 aromatic carbocycles. The molecule has 0 spiro atoms. The average Bonchev–Trinajstić information content (AvgIpc) is 2.93. The number of carbonyl (C=O) groups excluding carboxylic acids is 1. The molecule has 0 saturated heterocycles. The average molecular weight is 476 g/mol. The normalized spacial score (nSPS) is 13.3. The summed E-state index contributed by atoms with van der Waals surface area (Å²) in [5.41, 5.74) is 9.14. The number of hydrogen-bond donors (Lipinski definition) is 1. The Kier molecular flexibility index (Phi) is 7.49. The van der Waals surface area contributed by atoms with Crippen LogP contribution >= 0.6 is 0 Å². The first-order chi connectivity index (χ1) is 17.7. The van der Waals surface area contributed by atoms with Crippen LogP contribution in [0.25, 0.3) is 0 Å². The first kappa shape index (κ1) is 23.5.